The minimum Gasteiger partial charge on any atom is -0.482 e. The van der Waals surface area contributed by atoms with Crippen LogP contribution in [-0.2, 0) is 14.8 Å². The number of sulfonamides is 1. The van der Waals surface area contributed by atoms with Crippen LogP contribution in [0.4, 0.5) is 5.69 Å². The van der Waals surface area contributed by atoms with Crippen molar-refractivity contribution < 1.29 is 23.1 Å². The lowest BCUT2D eigenvalue weighted by molar-refractivity contribution is -0.139. The van der Waals surface area contributed by atoms with Gasteiger partial charge in [-0.15, -0.1) is 0 Å². The second-order valence-electron chi connectivity index (χ2n) is 5.53. The summed E-state index contributed by atoms with van der Waals surface area (Å²) in [5, 5.41) is 8.63. The highest BCUT2D eigenvalue weighted by Crippen LogP contribution is 2.25. The highest BCUT2D eigenvalue weighted by atomic mass is 32.2. The van der Waals surface area contributed by atoms with Gasteiger partial charge in [0.25, 0.3) is 10.0 Å². The lowest BCUT2D eigenvalue weighted by Gasteiger charge is -2.13. The summed E-state index contributed by atoms with van der Waals surface area (Å²) < 4.78 is 32.8. The second kappa shape index (κ2) is 6.92. The normalized spacial score (nSPS) is 11.1. The van der Waals surface area contributed by atoms with Crippen molar-refractivity contribution in [3.05, 3.63) is 53.1 Å². The van der Waals surface area contributed by atoms with Gasteiger partial charge in [-0.1, -0.05) is 12.1 Å². The maximum atomic E-state index is 12.5. The number of aryl methyl sites for hydroxylation is 3. The van der Waals surface area contributed by atoms with Gasteiger partial charge in [0.15, 0.2) is 6.61 Å². The third-order valence-electron chi connectivity index (χ3n) is 3.45. The zero-order valence-corrected chi connectivity index (χ0v) is 14.5. The highest BCUT2D eigenvalue weighted by molar-refractivity contribution is 7.92. The standard InChI is InChI=1S/C17H19NO5S/c1-11-4-5-12(2)15(8-11)18-24(21,22)14-6-7-16(13(3)9-14)23-10-17(19)20/h4-9,18H,10H2,1-3H3,(H,19,20). The van der Waals surface area contributed by atoms with Crippen molar-refractivity contribution >= 4 is 21.7 Å². The minimum absolute atomic E-state index is 0.0866. The molecule has 0 unspecified atom stereocenters. The van der Waals surface area contributed by atoms with E-state index in [0.717, 1.165) is 11.1 Å². The molecule has 0 atom stereocenters. The van der Waals surface area contributed by atoms with Gasteiger partial charge in [-0.25, -0.2) is 13.2 Å². The number of hydrogen-bond acceptors (Lipinski definition) is 4. The first-order chi connectivity index (χ1) is 11.2. The number of carboxylic acid groups (broad SMARTS) is 1. The largest absolute Gasteiger partial charge is 0.482 e. The van der Waals surface area contributed by atoms with Crippen LogP contribution >= 0.6 is 0 Å². The molecule has 128 valence electrons. The van der Waals surface area contributed by atoms with Gasteiger partial charge in [-0.2, -0.15) is 0 Å². The zero-order valence-electron chi connectivity index (χ0n) is 13.7. The molecule has 6 nitrogen and oxygen atoms in total. The molecule has 0 heterocycles. The molecule has 0 aliphatic heterocycles. The zero-order chi connectivity index (χ0) is 17.9. The number of aliphatic carboxylic acids is 1. The van der Waals surface area contributed by atoms with Crippen molar-refractivity contribution in [2.45, 2.75) is 25.7 Å². The highest BCUT2D eigenvalue weighted by Gasteiger charge is 2.17. The number of anilines is 1. The SMILES string of the molecule is Cc1ccc(C)c(NS(=O)(=O)c2ccc(OCC(=O)O)c(C)c2)c1. The Morgan fingerprint density at radius 3 is 2.42 bits per heavy atom. The van der Waals surface area contributed by atoms with E-state index in [1.54, 1.807) is 13.0 Å². The first-order valence-corrected chi connectivity index (χ1v) is 8.72. The summed E-state index contributed by atoms with van der Waals surface area (Å²) in [6.07, 6.45) is 0. The molecule has 0 spiro atoms. The molecule has 0 aliphatic carbocycles. The molecular weight excluding hydrogens is 330 g/mol. The Bertz CT molecular complexity index is 875. The van der Waals surface area contributed by atoms with Crippen molar-refractivity contribution in [1.82, 2.24) is 0 Å². The first-order valence-electron chi connectivity index (χ1n) is 7.24. The van der Waals surface area contributed by atoms with E-state index in [-0.39, 0.29) is 4.90 Å². The average molecular weight is 349 g/mol. The van der Waals surface area contributed by atoms with Crippen LogP contribution in [0.2, 0.25) is 0 Å². The number of carboxylic acids is 1. The molecule has 2 N–H and O–H groups in total. The molecule has 24 heavy (non-hydrogen) atoms. The lowest BCUT2D eigenvalue weighted by atomic mass is 10.1. The Kier molecular flexibility index (Phi) is 5.14. The van der Waals surface area contributed by atoms with Crippen LogP contribution in [0.3, 0.4) is 0 Å². The topological polar surface area (TPSA) is 92.7 Å². The molecule has 0 radical (unpaired) electrons. The second-order valence-corrected chi connectivity index (χ2v) is 7.22. The molecular formula is C17H19NO5S. The fraction of sp³-hybridized carbons (Fsp3) is 0.235. The van der Waals surface area contributed by atoms with Crippen LogP contribution in [0.25, 0.3) is 0 Å². The van der Waals surface area contributed by atoms with Gasteiger partial charge < -0.3 is 9.84 Å². The fourth-order valence-electron chi connectivity index (χ4n) is 2.14. The van der Waals surface area contributed by atoms with Crippen molar-refractivity contribution in [1.29, 1.82) is 0 Å². The van der Waals surface area contributed by atoms with Gasteiger partial charge in [-0.05, 0) is 61.7 Å². The van der Waals surface area contributed by atoms with Crippen LogP contribution in [0.15, 0.2) is 41.3 Å². The quantitative estimate of drug-likeness (QED) is 0.836. The summed E-state index contributed by atoms with van der Waals surface area (Å²) >= 11 is 0. The molecule has 0 saturated heterocycles. The van der Waals surface area contributed by atoms with E-state index in [1.807, 2.05) is 26.0 Å². The maximum Gasteiger partial charge on any atom is 0.341 e. The van der Waals surface area contributed by atoms with Crippen molar-refractivity contribution in [3.63, 3.8) is 0 Å². The van der Waals surface area contributed by atoms with Crippen molar-refractivity contribution in [3.8, 4) is 5.75 Å². The number of ether oxygens (including phenoxy) is 1. The molecule has 2 aromatic carbocycles. The Balaban J connectivity index is 2.27. The van der Waals surface area contributed by atoms with Crippen molar-refractivity contribution in [2.75, 3.05) is 11.3 Å². The van der Waals surface area contributed by atoms with Crippen LogP contribution < -0.4 is 9.46 Å². The van der Waals surface area contributed by atoms with E-state index in [9.17, 15) is 13.2 Å². The third kappa shape index (κ3) is 4.26. The van der Waals surface area contributed by atoms with Crippen LogP contribution in [0, 0.1) is 20.8 Å². The van der Waals surface area contributed by atoms with Gasteiger partial charge in [0, 0.05) is 0 Å². The van der Waals surface area contributed by atoms with Gasteiger partial charge in [-0.3, -0.25) is 4.72 Å². The molecule has 0 bridgehead atoms. The Morgan fingerprint density at radius 1 is 1.08 bits per heavy atom. The Morgan fingerprint density at radius 2 is 1.79 bits per heavy atom. The van der Waals surface area contributed by atoms with E-state index in [0.29, 0.717) is 17.0 Å². The Labute approximate surface area is 141 Å². The van der Waals surface area contributed by atoms with Crippen molar-refractivity contribution in [2.24, 2.45) is 0 Å². The molecule has 2 rings (SSSR count). The lowest BCUT2D eigenvalue weighted by Crippen LogP contribution is -2.14. The van der Waals surface area contributed by atoms with E-state index in [4.69, 9.17) is 9.84 Å². The van der Waals surface area contributed by atoms with E-state index in [2.05, 4.69) is 4.72 Å². The molecule has 7 heteroatoms. The molecule has 0 aromatic heterocycles. The summed E-state index contributed by atoms with van der Waals surface area (Å²) in [5.74, 6) is -0.759. The first kappa shape index (κ1) is 17.8. The summed E-state index contributed by atoms with van der Waals surface area (Å²) in [5.41, 5.74) is 2.84. The van der Waals surface area contributed by atoms with Crippen LogP contribution in [0.5, 0.6) is 5.75 Å². The summed E-state index contributed by atoms with van der Waals surface area (Å²) in [6, 6.07) is 9.81. The smallest absolute Gasteiger partial charge is 0.341 e. The van der Waals surface area contributed by atoms with Gasteiger partial charge in [0.2, 0.25) is 0 Å². The number of nitrogens with one attached hydrogen (secondary N) is 1. The predicted molar refractivity (Wildman–Crippen MR) is 91.0 cm³/mol. The predicted octanol–water partition coefficient (Wildman–Crippen LogP) is 2.88. The summed E-state index contributed by atoms with van der Waals surface area (Å²) in [6.45, 7) is 4.89. The summed E-state index contributed by atoms with van der Waals surface area (Å²) in [4.78, 5) is 10.6. The molecule has 2 aromatic rings. The van der Waals surface area contributed by atoms with Crippen LogP contribution in [-0.4, -0.2) is 26.1 Å². The third-order valence-corrected chi connectivity index (χ3v) is 4.81. The average Bonchev–Trinajstić information content (AvgIpc) is 2.49. The van der Waals surface area contributed by atoms with Gasteiger partial charge in [0.1, 0.15) is 5.75 Å². The van der Waals surface area contributed by atoms with E-state index >= 15 is 0 Å². The molecule has 0 aliphatic rings. The molecule has 0 amide bonds. The van der Waals surface area contributed by atoms with Gasteiger partial charge in [0.05, 0.1) is 10.6 Å². The van der Waals surface area contributed by atoms with E-state index < -0.39 is 22.6 Å². The summed E-state index contributed by atoms with van der Waals surface area (Å²) in [7, 11) is -3.75. The van der Waals surface area contributed by atoms with Gasteiger partial charge >= 0.3 is 5.97 Å². The number of rotatable bonds is 6. The Hall–Kier alpha value is -2.54. The number of hydrogen-bond donors (Lipinski definition) is 2. The molecule has 0 saturated carbocycles. The molecule has 0 fully saturated rings. The van der Waals surface area contributed by atoms with Crippen LogP contribution in [0.1, 0.15) is 16.7 Å². The van der Waals surface area contributed by atoms with E-state index in [1.165, 1.54) is 18.2 Å². The minimum atomic E-state index is -3.75. The monoisotopic (exact) mass is 349 g/mol. The number of benzene rings is 2. The fourth-order valence-corrected chi connectivity index (χ4v) is 3.35. The maximum absolute atomic E-state index is 12.5. The number of carbonyl (C=O) groups is 1.